The van der Waals surface area contributed by atoms with E-state index in [9.17, 15) is 9.59 Å². The van der Waals surface area contributed by atoms with Gasteiger partial charge in [0.25, 0.3) is 0 Å². The predicted molar refractivity (Wildman–Crippen MR) is 98.5 cm³/mol. The summed E-state index contributed by atoms with van der Waals surface area (Å²) in [5, 5.41) is 5.45. The number of amides is 2. The van der Waals surface area contributed by atoms with Crippen LogP contribution in [0.2, 0.25) is 0 Å². The molecular weight excluding hydrogens is 316 g/mol. The molecule has 0 saturated carbocycles. The lowest BCUT2D eigenvalue weighted by molar-refractivity contribution is -0.126. The normalized spacial score (nSPS) is 10.4. The predicted octanol–water partition coefficient (Wildman–Crippen LogP) is 3.43. The minimum atomic E-state index is -0.348. The quantitative estimate of drug-likeness (QED) is 0.759. The molecule has 132 valence electrons. The summed E-state index contributed by atoms with van der Waals surface area (Å²) in [6.45, 7) is 6.32. The number of benzene rings is 2. The summed E-state index contributed by atoms with van der Waals surface area (Å²) in [6.07, 6.45) is -0.117. The molecule has 5 nitrogen and oxygen atoms in total. The monoisotopic (exact) mass is 340 g/mol. The SMILES string of the molecule is Cc1ccc(CNC(=O)CC(=O)Nc2ccc(OC(C)C)cc2)cc1. The Morgan fingerprint density at radius 3 is 2.20 bits per heavy atom. The van der Waals surface area contributed by atoms with E-state index >= 15 is 0 Å². The van der Waals surface area contributed by atoms with Crippen LogP contribution in [0.25, 0.3) is 0 Å². The van der Waals surface area contributed by atoms with Crippen LogP contribution in [0.1, 0.15) is 31.4 Å². The van der Waals surface area contributed by atoms with E-state index in [0.717, 1.165) is 11.3 Å². The van der Waals surface area contributed by atoms with Gasteiger partial charge in [0.2, 0.25) is 11.8 Å². The Morgan fingerprint density at radius 1 is 0.960 bits per heavy atom. The van der Waals surface area contributed by atoms with Crippen LogP contribution in [0.5, 0.6) is 5.75 Å². The van der Waals surface area contributed by atoms with Crippen molar-refractivity contribution in [3.63, 3.8) is 0 Å². The molecule has 2 amide bonds. The fourth-order valence-electron chi connectivity index (χ4n) is 2.21. The van der Waals surface area contributed by atoms with Crippen molar-refractivity contribution in [2.75, 3.05) is 5.32 Å². The van der Waals surface area contributed by atoms with Gasteiger partial charge in [0.15, 0.2) is 0 Å². The van der Waals surface area contributed by atoms with Crippen molar-refractivity contribution >= 4 is 17.5 Å². The maximum atomic E-state index is 11.9. The smallest absolute Gasteiger partial charge is 0.233 e. The molecule has 2 N–H and O–H groups in total. The molecule has 2 aromatic carbocycles. The van der Waals surface area contributed by atoms with Crippen LogP contribution < -0.4 is 15.4 Å². The maximum absolute atomic E-state index is 11.9. The van der Waals surface area contributed by atoms with Crippen LogP contribution >= 0.6 is 0 Å². The summed E-state index contributed by atoms with van der Waals surface area (Å²) >= 11 is 0. The molecular formula is C20H24N2O3. The topological polar surface area (TPSA) is 67.4 Å². The second kappa shape index (κ2) is 8.87. The highest BCUT2D eigenvalue weighted by molar-refractivity contribution is 6.03. The Kier molecular flexibility index (Phi) is 6.57. The molecule has 0 saturated heterocycles. The number of carbonyl (C=O) groups is 2. The standard InChI is InChI=1S/C20H24N2O3/c1-14(2)25-18-10-8-17(9-11-18)22-20(24)12-19(23)21-13-16-6-4-15(3)5-7-16/h4-11,14H,12-13H2,1-3H3,(H,21,23)(H,22,24). The molecule has 2 rings (SSSR count). The summed E-state index contributed by atoms with van der Waals surface area (Å²) in [5.41, 5.74) is 2.80. The van der Waals surface area contributed by atoms with Gasteiger partial charge in [0.05, 0.1) is 6.10 Å². The molecule has 0 aliphatic carbocycles. The number of anilines is 1. The molecule has 0 bridgehead atoms. The molecule has 0 aliphatic heterocycles. The third-order valence-corrected chi connectivity index (χ3v) is 3.44. The molecule has 0 fully saturated rings. The van der Waals surface area contributed by atoms with E-state index in [0.29, 0.717) is 12.2 Å². The third-order valence-electron chi connectivity index (χ3n) is 3.44. The highest BCUT2D eigenvalue weighted by atomic mass is 16.5. The summed E-state index contributed by atoms with van der Waals surface area (Å²) in [6, 6.07) is 15.0. The average molecular weight is 340 g/mol. The lowest BCUT2D eigenvalue weighted by atomic mass is 10.1. The van der Waals surface area contributed by atoms with E-state index in [1.54, 1.807) is 24.3 Å². The first-order valence-electron chi connectivity index (χ1n) is 8.31. The first-order valence-corrected chi connectivity index (χ1v) is 8.31. The number of hydrogen-bond donors (Lipinski definition) is 2. The van der Waals surface area contributed by atoms with Crippen molar-refractivity contribution in [3.05, 3.63) is 59.7 Å². The van der Waals surface area contributed by atoms with Crippen LogP contribution in [0.4, 0.5) is 5.69 Å². The number of nitrogens with one attached hydrogen (secondary N) is 2. The van der Waals surface area contributed by atoms with Crippen molar-refractivity contribution in [1.29, 1.82) is 0 Å². The summed E-state index contributed by atoms with van der Waals surface area (Å²) in [5.74, 6) is 0.0839. The van der Waals surface area contributed by atoms with Crippen molar-refractivity contribution in [2.45, 2.75) is 39.8 Å². The van der Waals surface area contributed by atoms with E-state index in [-0.39, 0.29) is 24.3 Å². The van der Waals surface area contributed by atoms with Crippen LogP contribution in [0, 0.1) is 6.92 Å². The largest absolute Gasteiger partial charge is 0.491 e. The van der Waals surface area contributed by atoms with Gasteiger partial charge in [0.1, 0.15) is 12.2 Å². The Hall–Kier alpha value is -2.82. The van der Waals surface area contributed by atoms with Gasteiger partial charge >= 0.3 is 0 Å². The number of aryl methyl sites for hydroxylation is 1. The van der Waals surface area contributed by atoms with E-state index in [1.807, 2.05) is 45.0 Å². The van der Waals surface area contributed by atoms with Gasteiger partial charge in [-0.05, 0) is 50.6 Å². The van der Waals surface area contributed by atoms with Gasteiger partial charge in [-0.15, -0.1) is 0 Å². The molecule has 0 spiro atoms. The zero-order chi connectivity index (χ0) is 18.2. The Bertz CT molecular complexity index is 707. The second-order valence-corrected chi connectivity index (χ2v) is 6.18. The first-order chi connectivity index (χ1) is 11.9. The van der Waals surface area contributed by atoms with Gasteiger partial charge < -0.3 is 15.4 Å². The number of carbonyl (C=O) groups excluding carboxylic acids is 2. The summed E-state index contributed by atoms with van der Waals surface area (Å²) < 4.78 is 5.54. The Morgan fingerprint density at radius 2 is 1.60 bits per heavy atom. The van der Waals surface area contributed by atoms with Gasteiger partial charge in [-0.2, -0.15) is 0 Å². The van der Waals surface area contributed by atoms with Gasteiger partial charge in [-0.1, -0.05) is 29.8 Å². The molecule has 0 atom stereocenters. The molecule has 0 radical (unpaired) electrons. The molecule has 25 heavy (non-hydrogen) atoms. The molecule has 2 aromatic rings. The van der Waals surface area contributed by atoms with Gasteiger partial charge in [-0.3, -0.25) is 9.59 Å². The van der Waals surface area contributed by atoms with Crippen molar-refractivity contribution in [1.82, 2.24) is 5.32 Å². The maximum Gasteiger partial charge on any atom is 0.233 e. The molecule has 0 aliphatic rings. The molecule has 5 heteroatoms. The molecule has 0 heterocycles. The minimum Gasteiger partial charge on any atom is -0.491 e. The van der Waals surface area contributed by atoms with E-state index in [2.05, 4.69) is 10.6 Å². The minimum absolute atomic E-state index is 0.0951. The first kappa shape index (κ1) is 18.5. The second-order valence-electron chi connectivity index (χ2n) is 6.18. The highest BCUT2D eigenvalue weighted by Crippen LogP contribution is 2.17. The highest BCUT2D eigenvalue weighted by Gasteiger charge is 2.09. The fourth-order valence-corrected chi connectivity index (χ4v) is 2.21. The Labute approximate surface area is 148 Å². The number of hydrogen-bond acceptors (Lipinski definition) is 3. The van der Waals surface area contributed by atoms with E-state index in [4.69, 9.17) is 4.74 Å². The van der Waals surface area contributed by atoms with Crippen LogP contribution in [-0.2, 0) is 16.1 Å². The van der Waals surface area contributed by atoms with Gasteiger partial charge in [-0.25, -0.2) is 0 Å². The van der Waals surface area contributed by atoms with E-state index < -0.39 is 0 Å². The average Bonchev–Trinajstić information content (AvgIpc) is 2.55. The van der Waals surface area contributed by atoms with Crippen molar-refractivity contribution in [2.24, 2.45) is 0 Å². The van der Waals surface area contributed by atoms with Crippen LogP contribution in [-0.4, -0.2) is 17.9 Å². The van der Waals surface area contributed by atoms with E-state index in [1.165, 1.54) is 5.56 Å². The van der Waals surface area contributed by atoms with Crippen molar-refractivity contribution in [3.8, 4) is 5.75 Å². The Balaban J connectivity index is 1.77. The molecule has 0 aromatic heterocycles. The molecule has 0 unspecified atom stereocenters. The fraction of sp³-hybridized carbons (Fsp3) is 0.300. The van der Waals surface area contributed by atoms with Gasteiger partial charge in [0, 0.05) is 12.2 Å². The number of rotatable bonds is 7. The summed E-state index contributed by atoms with van der Waals surface area (Å²) in [7, 11) is 0. The summed E-state index contributed by atoms with van der Waals surface area (Å²) in [4.78, 5) is 23.8. The van der Waals surface area contributed by atoms with Crippen LogP contribution in [0.3, 0.4) is 0 Å². The number of ether oxygens (including phenoxy) is 1. The third kappa shape index (κ3) is 6.67. The lowest BCUT2D eigenvalue weighted by Gasteiger charge is -2.11. The zero-order valence-corrected chi connectivity index (χ0v) is 14.8. The zero-order valence-electron chi connectivity index (χ0n) is 14.8. The lowest BCUT2D eigenvalue weighted by Crippen LogP contribution is -2.27. The van der Waals surface area contributed by atoms with Crippen LogP contribution in [0.15, 0.2) is 48.5 Å². The van der Waals surface area contributed by atoms with Crippen molar-refractivity contribution < 1.29 is 14.3 Å².